The van der Waals surface area contributed by atoms with Gasteiger partial charge in [-0.15, -0.1) is 0 Å². The van der Waals surface area contributed by atoms with Crippen molar-refractivity contribution in [1.82, 2.24) is 15.0 Å². The quantitative estimate of drug-likeness (QED) is 0.535. The maximum absolute atomic E-state index is 10.9. The van der Waals surface area contributed by atoms with Crippen molar-refractivity contribution in [2.24, 2.45) is 0 Å². The molecule has 0 spiro atoms. The molecule has 2 aromatic heterocycles. The normalized spacial score (nSPS) is 10.4. The monoisotopic (exact) mass is 268 g/mol. The molecule has 0 aliphatic heterocycles. The van der Waals surface area contributed by atoms with Gasteiger partial charge in [0.25, 0.3) is 5.88 Å². The van der Waals surface area contributed by atoms with Gasteiger partial charge in [0.05, 0.1) is 16.0 Å². The fourth-order valence-corrected chi connectivity index (χ4v) is 1.72. The van der Waals surface area contributed by atoms with Crippen LogP contribution in [0.3, 0.4) is 0 Å². The minimum Gasteiger partial charge on any atom is -0.434 e. The fraction of sp³-hybridized carbons (Fsp3) is 0. The first-order chi connectivity index (χ1) is 9.74. The summed E-state index contributed by atoms with van der Waals surface area (Å²) < 4.78 is 5.46. The van der Waals surface area contributed by atoms with Crippen LogP contribution in [0.4, 0.5) is 5.69 Å². The molecule has 0 fully saturated rings. The molecular weight excluding hydrogens is 260 g/mol. The van der Waals surface area contributed by atoms with E-state index in [0.29, 0.717) is 11.3 Å². The Hall–Kier alpha value is -3.09. The summed E-state index contributed by atoms with van der Waals surface area (Å²) in [5, 5.41) is 10.9. The molecule has 0 radical (unpaired) electrons. The number of aromatic nitrogens is 3. The smallest absolute Gasteiger partial charge is 0.331 e. The van der Waals surface area contributed by atoms with Crippen LogP contribution in [0.1, 0.15) is 0 Å². The predicted molar refractivity (Wildman–Crippen MR) is 70.5 cm³/mol. The van der Waals surface area contributed by atoms with E-state index in [1.807, 2.05) is 0 Å². The zero-order chi connectivity index (χ0) is 13.9. The third kappa shape index (κ3) is 2.24. The Morgan fingerprint density at radius 2 is 1.80 bits per heavy atom. The third-order valence-corrected chi connectivity index (χ3v) is 2.60. The number of hydrogen-bond donors (Lipinski definition) is 0. The zero-order valence-electron chi connectivity index (χ0n) is 10.1. The molecule has 2 heterocycles. The summed E-state index contributed by atoms with van der Waals surface area (Å²) in [5.41, 5.74) is 1.17. The van der Waals surface area contributed by atoms with Gasteiger partial charge in [0.15, 0.2) is 0 Å². The van der Waals surface area contributed by atoms with Gasteiger partial charge in [-0.1, -0.05) is 0 Å². The minimum absolute atomic E-state index is 0.0549. The van der Waals surface area contributed by atoms with Crippen LogP contribution in [0.15, 0.2) is 48.9 Å². The number of pyridine rings is 1. The Morgan fingerprint density at radius 1 is 1.00 bits per heavy atom. The average molecular weight is 268 g/mol. The summed E-state index contributed by atoms with van der Waals surface area (Å²) in [6.45, 7) is 0. The molecule has 0 saturated carbocycles. The van der Waals surface area contributed by atoms with E-state index in [1.54, 1.807) is 30.6 Å². The first-order valence-corrected chi connectivity index (χ1v) is 5.72. The fourth-order valence-electron chi connectivity index (χ4n) is 1.72. The molecule has 0 amide bonds. The van der Waals surface area contributed by atoms with Gasteiger partial charge in [0, 0.05) is 30.7 Å². The van der Waals surface area contributed by atoms with Crippen LogP contribution in [-0.4, -0.2) is 19.9 Å². The Balaban J connectivity index is 1.99. The average Bonchev–Trinajstić information content (AvgIpc) is 2.47. The highest BCUT2D eigenvalue weighted by Gasteiger charge is 2.16. The number of hydrogen-bond acceptors (Lipinski definition) is 6. The maximum atomic E-state index is 10.9. The van der Waals surface area contributed by atoms with E-state index in [9.17, 15) is 10.1 Å². The summed E-state index contributed by atoms with van der Waals surface area (Å²) in [4.78, 5) is 22.5. The maximum Gasteiger partial charge on any atom is 0.331 e. The lowest BCUT2D eigenvalue weighted by atomic mass is 10.3. The number of rotatable bonds is 3. The van der Waals surface area contributed by atoms with E-state index < -0.39 is 4.92 Å². The molecule has 3 aromatic rings. The lowest BCUT2D eigenvalue weighted by molar-refractivity contribution is -0.386. The molecule has 0 aliphatic rings. The molecule has 0 N–H and O–H groups in total. The van der Waals surface area contributed by atoms with Gasteiger partial charge in [-0.25, -0.2) is 4.98 Å². The minimum atomic E-state index is -0.539. The van der Waals surface area contributed by atoms with Gasteiger partial charge in [-0.3, -0.25) is 20.1 Å². The molecule has 3 rings (SSSR count). The largest absolute Gasteiger partial charge is 0.434 e. The summed E-state index contributed by atoms with van der Waals surface area (Å²) in [6, 6.07) is 7.86. The predicted octanol–water partition coefficient (Wildman–Crippen LogP) is 2.73. The molecule has 0 bridgehead atoms. The van der Waals surface area contributed by atoms with Crippen LogP contribution >= 0.6 is 0 Å². The van der Waals surface area contributed by atoms with Crippen LogP contribution < -0.4 is 4.74 Å². The zero-order valence-corrected chi connectivity index (χ0v) is 10.1. The number of nitrogens with zero attached hydrogens (tertiary/aromatic N) is 4. The van der Waals surface area contributed by atoms with Crippen molar-refractivity contribution in [2.75, 3.05) is 0 Å². The number of nitro groups is 1. The van der Waals surface area contributed by atoms with E-state index in [-0.39, 0.29) is 11.6 Å². The molecule has 7 nitrogen and oxygen atoms in total. The Morgan fingerprint density at radius 3 is 2.60 bits per heavy atom. The second-order valence-corrected chi connectivity index (χ2v) is 3.89. The third-order valence-electron chi connectivity index (χ3n) is 2.60. The molecule has 0 unspecified atom stereocenters. The molecule has 20 heavy (non-hydrogen) atoms. The SMILES string of the molecule is O=[N+]([O-])c1cccnc1Oc1ccc2nccnc2c1. The number of fused-ring (bicyclic) bond motifs is 1. The van der Waals surface area contributed by atoms with Crippen molar-refractivity contribution >= 4 is 16.7 Å². The van der Waals surface area contributed by atoms with Gasteiger partial charge in [-0.05, 0) is 18.2 Å². The molecular formula is C13H8N4O3. The summed E-state index contributed by atoms with van der Waals surface area (Å²) >= 11 is 0. The number of ether oxygens (including phenoxy) is 1. The second kappa shape index (κ2) is 4.88. The van der Waals surface area contributed by atoms with E-state index in [2.05, 4.69) is 15.0 Å². The topological polar surface area (TPSA) is 91.0 Å². The second-order valence-electron chi connectivity index (χ2n) is 3.89. The van der Waals surface area contributed by atoms with Crippen LogP contribution in [0.25, 0.3) is 11.0 Å². The van der Waals surface area contributed by atoms with Crippen LogP contribution in [0.5, 0.6) is 11.6 Å². The van der Waals surface area contributed by atoms with E-state index in [1.165, 1.54) is 18.3 Å². The lowest BCUT2D eigenvalue weighted by Gasteiger charge is -2.05. The molecule has 1 aromatic carbocycles. The Labute approximate surface area is 113 Å². The Bertz CT molecular complexity index is 791. The van der Waals surface area contributed by atoms with Crippen molar-refractivity contribution in [3.8, 4) is 11.6 Å². The molecule has 0 saturated heterocycles. The summed E-state index contributed by atoms with van der Waals surface area (Å²) in [7, 11) is 0. The van der Waals surface area contributed by atoms with E-state index in [0.717, 1.165) is 5.52 Å². The summed E-state index contributed by atoms with van der Waals surface area (Å²) in [6.07, 6.45) is 4.59. The van der Waals surface area contributed by atoms with Gasteiger partial charge < -0.3 is 4.74 Å². The molecule has 98 valence electrons. The molecule has 0 atom stereocenters. The van der Waals surface area contributed by atoms with Crippen molar-refractivity contribution in [3.63, 3.8) is 0 Å². The van der Waals surface area contributed by atoms with Gasteiger partial charge >= 0.3 is 5.69 Å². The van der Waals surface area contributed by atoms with Crippen molar-refractivity contribution in [3.05, 3.63) is 59.0 Å². The Kier molecular flexibility index (Phi) is 2.92. The van der Waals surface area contributed by atoms with Crippen LogP contribution in [-0.2, 0) is 0 Å². The van der Waals surface area contributed by atoms with E-state index in [4.69, 9.17) is 4.74 Å². The van der Waals surface area contributed by atoms with Gasteiger partial charge in [-0.2, -0.15) is 0 Å². The van der Waals surface area contributed by atoms with Crippen LogP contribution in [0.2, 0.25) is 0 Å². The highest BCUT2D eigenvalue weighted by Crippen LogP contribution is 2.29. The number of benzene rings is 1. The first kappa shape index (κ1) is 12.0. The van der Waals surface area contributed by atoms with Gasteiger partial charge in [0.1, 0.15) is 5.75 Å². The first-order valence-electron chi connectivity index (χ1n) is 5.72. The van der Waals surface area contributed by atoms with Crippen LogP contribution in [0, 0.1) is 10.1 Å². The van der Waals surface area contributed by atoms with Crippen molar-refractivity contribution in [1.29, 1.82) is 0 Å². The highest BCUT2D eigenvalue weighted by molar-refractivity contribution is 5.75. The molecule has 0 aliphatic carbocycles. The van der Waals surface area contributed by atoms with Crippen molar-refractivity contribution in [2.45, 2.75) is 0 Å². The summed E-state index contributed by atoms with van der Waals surface area (Å²) in [5.74, 6) is 0.362. The highest BCUT2D eigenvalue weighted by atomic mass is 16.6. The van der Waals surface area contributed by atoms with Crippen molar-refractivity contribution < 1.29 is 9.66 Å². The van der Waals surface area contributed by atoms with Gasteiger partial charge in [0.2, 0.25) is 0 Å². The van der Waals surface area contributed by atoms with E-state index >= 15 is 0 Å². The molecule has 7 heteroatoms. The standard InChI is InChI=1S/C13H8N4O3/c18-17(19)12-2-1-5-16-13(12)20-9-3-4-10-11(8-9)15-7-6-14-10/h1-8H. The lowest BCUT2D eigenvalue weighted by Crippen LogP contribution is -1.95.